The zero-order chi connectivity index (χ0) is 23.4. The van der Waals surface area contributed by atoms with Crippen molar-refractivity contribution in [3.05, 3.63) is 0 Å². The van der Waals surface area contributed by atoms with Gasteiger partial charge in [-0.3, -0.25) is 4.79 Å². The summed E-state index contributed by atoms with van der Waals surface area (Å²) >= 11 is 0. The fourth-order valence-corrected chi connectivity index (χ4v) is 4.52. The molecule has 1 aliphatic rings. The predicted molar refractivity (Wildman–Crippen MR) is 131 cm³/mol. The summed E-state index contributed by atoms with van der Waals surface area (Å²) < 4.78 is 5.34. The van der Waals surface area contributed by atoms with Gasteiger partial charge in [-0.1, -0.05) is 65.2 Å². The number of amides is 1. The molecule has 0 aliphatic carbocycles. The Kier molecular flexibility index (Phi) is 17.2. The Morgan fingerprint density at radius 2 is 1.56 bits per heavy atom. The number of esters is 1. The highest BCUT2D eigenvalue weighted by Gasteiger charge is 2.23. The van der Waals surface area contributed by atoms with E-state index in [-0.39, 0.29) is 5.97 Å². The fraction of sp³-hybridized carbons (Fsp3) is 0.923. The fourth-order valence-electron chi connectivity index (χ4n) is 4.52. The molecule has 1 heterocycles. The van der Waals surface area contributed by atoms with Crippen LogP contribution in [0.5, 0.6) is 0 Å². The van der Waals surface area contributed by atoms with Gasteiger partial charge in [-0.15, -0.1) is 0 Å². The van der Waals surface area contributed by atoms with Gasteiger partial charge in [0, 0.05) is 19.5 Å². The van der Waals surface area contributed by atoms with Crippen LogP contribution in [0.25, 0.3) is 0 Å². The second kappa shape index (κ2) is 19.2. The quantitative estimate of drug-likeness (QED) is 0.182. The first-order valence-electron chi connectivity index (χ1n) is 13.4. The third kappa shape index (κ3) is 14.7. The van der Waals surface area contributed by atoms with Gasteiger partial charge in [-0.05, 0) is 64.1 Å². The molecule has 32 heavy (non-hydrogen) atoms. The number of unbranched alkanes of at least 4 members (excludes halogenated alkanes) is 8. The zero-order valence-corrected chi connectivity index (χ0v) is 21.0. The van der Waals surface area contributed by atoms with Gasteiger partial charge in [0.2, 0.25) is 0 Å². The van der Waals surface area contributed by atoms with Crippen LogP contribution in [-0.2, 0) is 9.53 Å². The van der Waals surface area contributed by atoms with Gasteiger partial charge in [0.05, 0.1) is 6.61 Å². The minimum Gasteiger partial charge on any atom is -0.466 e. The number of carboxylic acid groups (broad SMARTS) is 1. The molecular formula is C26H50N2O4. The number of rotatable bonds is 19. The molecule has 0 spiro atoms. The third-order valence-electron chi connectivity index (χ3n) is 6.59. The smallest absolute Gasteiger partial charge is 0.407 e. The Labute approximate surface area is 197 Å². The van der Waals surface area contributed by atoms with E-state index in [0.717, 1.165) is 64.6 Å². The summed E-state index contributed by atoms with van der Waals surface area (Å²) in [5, 5.41) is 9.29. The first-order chi connectivity index (χ1) is 15.6. The summed E-state index contributed by atoms with van der Waals surface area (Å²) in [7, 11) is 0. The van der Waals surface area contributed by atoms with Crippen molar-refractivity contribution in [3.8, 4) is 0 Å². The number of carbonyl (C=O) groups is 2. The molecule has 1 atom stereocenters. The number of carbonyl (C=O) groups excluding carboxylic acids is 1. The SMILES string of the molecule is CCCCCCCCCN(CCCC(=O)OCCCCC)CCC1CCCN(C(=O)O)C1. The highest BCUT2D eigenvalue weighted by molar-refractivity contribution is 5.69. The van der Waals surface area contributed by atoms with E-state index in [2.05, 4.69) is 18.7 Å². The molecule has 1 fully saturated rings. The topological polar surface area (TPSA) is 70.1 Å². The number of likely N-dealkylation sites (tertiary alicyclic amines) is 1. The molecule has 188 valence electrons. The normalized spacial score (nSPS) is 16.5. The van der Waals surface area contributed by atoms with Crippen LogP contribution in [0.2, 0.25) is 0 Å². The molecule has 0 radical (unpaired) electrons. The van der Waals surface area contributed by atoms with Gasteiger partial charge in [0.15, 0.2) is 0 Å². The predicted octanol–water partition coefficient (Wildman–Crippen LogP) is 6.33. The minimum atomic E-state index is -0.785. The molecule has 0 bridgehead atoms. The van der Waals surface area contributed by atoms with Crippen molar-refractivity contribution in [1.82, 2.24) is 9.80 Å². The standard InChI is InChI=1S/C26H50N2O4/c1-3-5-7-8-9-10-11-18-27(19-14-16-25(29)32-22-12-6-4-2)21-17-24-15-13-20-28(23-24)26(30)31/h24H,3-23H2,1-2H3,(H,30,31). The summed E-state index contributed by atoms with van der Waals surface area (Å²) in [5.41, 5.74) is 0. The number of piperidine rings is 1. The van der Waals surface area contributed by atoms with Crippen molar-refractivity contribution in [2.45, 2.75) is 110 Å². The van der Waals surface area contributed by atoms with Crippen molar-refractivity contribution < 1.29 is 19.4 Å². The van der Waals surface area contributed by atoms with E-state index in [1.807, 2.05) is 0 Å². The van der Waals surface area contributed by atoms with Gasteiger partial charge in [0.25, 0.3) is 0 Å². The van der Waals surface area contributed by atoms with Crippen LogP contribution in [0.3, 0.4) is 0 Å². The number of hydrogen-bond donors (Lipinski definition) is 1. The molecule has 0 saturated carbocycles. The highest BCUT2D eigenvalue weighted by Crippen LogP contribution is 2.20. The maximum absolute atomic E-state index is 12.0. The van der Waals surface area contributed by atoms with E-state index in [4.69, 9.17) is 4.74 Å². The van der Waals surface area contributed by atoms with E-state index in [1.165, 1.54) is 44.9 Å². The van der Waals surface area contributed by atoms with Crippen molar-refractivity contribution in [2.75, 3.05) is 39.3 Å². The molecule has 0 aromatic carbocycles. The summed E-state index contributed by atoms with van der Waals surface area (Å²) in [5.74, 6) is 0.390. The second-order valence-electron chi connectivity index (χ2n) is 9.52. The molecule has 6 nitrogen and oxygen atoms in total. The van der Waals surface area contributed by atoms with Gasteiger partial charge in [-0.25, -0.2) is 4.79 Å². The lowest BCUT2D eigenvalue weighted by molar-refractivity contribution is -0.143. The lowest BCUT2D eigenvalue weighted by atomic mass is 9.94. The minimum absolute atomic E-state index is 0.0682. The molecular weight excluding hydrogens is 404 g/mol. The molecule has 1 amide bonds. The summed E-state index contributed by atoms with van der Waals surface area (Å²) in [4.78, 5) is 27.3. The largest absolute Gasteiger partial charge is 0.466 e. The zero-order valence-electron chi connectivity index (χ0n) is 21.0. The van der Waals surface area contributed by atoms with Crippen LogP contribution in [0.15, 0.2) is 0 Å². The molecule has 6 heteroatoms. The van der Waals surface area contributed by atoms with Crippen LogP contribution in [0.4, 0.5) is 4.79 Å². The number of hydrogen-bond acceptors (Lipinski definition) is 4. The second-order valence-corrected chi connectivity index (χ2v) is 9.52. The molecule has 0 aromatic rings. The Balaban J connectivity index is 2.33. The van der Waals surface area contributed by atoms with Crippen molar-refractivity contribution in [3.63, 3.8) is 0 Å². The molecule has 1 saturated heterocycles. The lowest BCUT2D eigenvalue weighted by Crippen LogP contribution is -2.40. The van der Waals surface area contributed by atoms with Gasteiger partial charge in [0.1, 0.15) is 0 Å². The Morgan fingerprint density at radius 3 is 2.28 bits per heavy atom. The highest BCUT2D eigenvalue weighted by atomic mass is 16.5. The van der Waals surface area contributed by atoms with E-state index >= 15 is 0 Å². The molecule has 1 unspecified atom stereocenters. The Hall–Kier alpha value is -1.30. The number of ether oxygens (including phenoxy) is 1. The summed E-state index contributed by atoms with van der Waals surface area (Å²) in [6, 6.07) is 0. The van der Waals surface area contributed by atoms with Crippen LogP contribution >= 0.6 is 0 Å². The van der Waals surface area contributed by atoms with Crippen LogP contribution in [0.1, 0.15) is 110 Å². The molecule has 1 rings (SSSR count). The van der Waals surface area contributed by atoms with Crippen LogP contribution in [-0.4, -0.2) is 66.3 Å². The molecule has 1 aliphatic heterocycles. The van der Waals surface area contributed by atoms with Crippen molar-refractivity contribution in [2.24, 2.45) is 5.92 Å². The Bertz CT molecular complexity index is 486. The van der Waals surface area contributed by atoms with Gasteiger partial charge in [-0.2, -0.15) is 0 Å². The average Bonchev–Trinajstić information content (AvgIpc) is 2.79. The van der Waals surface area contributed by atoms with Crippen molar-refractivity contribution >= 4 is 12.1 Å². The van der Waals surface area contributed by atoms with E-state index in [0.29, 0.717) is 32.0 Å². The van der Waals surface area contributed by atoms with Gasteiger partial charge < -0.3 is 19.6 Å². The number of nitrogens with zero attached hydrogens (tertiary/aromatic N) is 2. The molecule has 1 N–H and O–H groups in total. The maximum Gasteiger partial charge on any atom is 0.407 e. The summed E-state index contributed by atoms with van der Waals surface area (Å²) in [6.07, 6.45) is 16.0. The first-order valence-corrected chi connectivity index (χ1v) is 13.4. The maximum atomic E-state index is 12.0. The Morgan fingerprint density at radius 1 is 0.906 bits per heavy atom. The van der Waals surface area contributed by atoms with E-state index in [1.54, 1.807) is 4.90 Å². The lowest BCUT2D eigenvalue weighted by Gasteiger charge is -2.32. The first kappa shape index (κ1) is 28.7. The van der Waals surface area contributed by atoms with E-state index in [9.17, 15) is 14.7 Å². The average molecular weight is 455 g/mol. The van der Waals surface area contributed by atoms with Crippen LogP contribution in [0, 0.1) is 5.92 Å². The van der Waals surface area contributed by atoms with E-state index < -0.39 is 6.09 Å². The van der Waals surface area contributed by atoms with Crippen LogP contribution < -0.4 is 0 Å². The monoisotopic (exact) mass is 454 g/mol. The van der Waals surface area contributed by atoms with Crippen molar-refractivity contribution in [1.29, 1.82) is 0 Å². The third-order valence-corrected chi connectivity index (χ3v) is 6.59. The summed E-state index contributed by atoms with van der Waals surface area (Å²) in [6.45, 7) is 9.30. The molecule has 0 aromatic heterocycles. The van der Waals surface area contributed by atoms with Gasteiger partial charge >= 0.3 is 12.1 Å².